The first-order valence-electron chi connectivity index (χ1n) is 9.96. The van der Waals surface area contributed by atoms with E-state index in [1.165, 1.54) is 36.6 Å². The Morgan fingerprint density at radius 2 is 1.72 bits per heavy atom. The minimum atomic E-state index is -3.38. The molecule has 10 heteroatoms. The number of amides is 1. The van der Waals surface area contributed by atoms with E-state index in [1.54, 1.807) is 36.4 Å². The van der Waals surface area contributed by atoms with Gasteiger partial charge in [0.2, 0.25) is 10.0 Å². The highest BCUT2D eigenvalue weighted by atomic mass is 32.2. The summed E-state index contributed by atoms with van der Waals surface area (Å²) in [6.07, 6.45) is 0.534. The number of ether oxygens (including phenoxy) is 3. The first-order chi connectivity index (χ1) is 15.3. The smallest absolute Gasteiger partial charge is 0.325 e. The van der Waals surface area contributed by atoms with Crippen molar-refractivity contribution in [2.75, 3.05) is 44.5 Å². The molecule has 1 aliphatic rings. The molecule has 2 aromatic rings. The number of benzene rings is 2. The molecule has 172 valence electrons. The van der Waals surface area contributed by atoms with Gasteiger partial charge in [0.25, 0.3) is 5.91 Å². The lowest BCUT2D eigenvalue weighted by Crippen LogP contribution is -2.36. The standard InChI is InChI=1S/C22H26N2O7S/c1-29-19-10-16(11-20(13-19)30-2)14-23(15-21(25)31-3)22(26)17-6-4-7-18(12-17)24-8-5-9-32(24,27)28/h4,6-7,10-13H,5,8-9,14-15H2,1-3H3. The summed E-state index contributed by atoms with van der Waals surface area (Å²) in [6.45, 7) is 0.185. The number of carbonyl (C=O) groups excluding carboxylic acids is 2. The van der Waals surface area contributed by atoms with Crippen LogP contribution in [0.25, 0.3) is 0 Å². The molecule has 32 heavy (non-hydrogen) atoms. The first-order valence-corrected chi connectivity index (χ1v) is 11.6. The summed E-state index contributed by atoms with van der Waals surface area (Å²) in [4.78, 5) is 26.7. The molecule has 1 amide bonds. The molecule has 0 N–H and O–H groups in total. The van der Waals surface area contributed by atoms with E-state index in [0.717, 1.165) is 0 Å². The Hall–Kier alpha value is -3.27. The third-order valence-electron chi connectivity index (χ3n) is 5.10. The number of rotatable bonds is 8. The first kappa shape index (κ1) is 23.4. The summed E-state index contributed by atoms with van der Waals surface area (Å²) in [6, 6.07) is 11.6. The Bertz CT molecular complexity index is 1080. The SMILES string of the molecule is COC(=O)CN(Cc1cc(OC)cc(OC)c1)C(=O)c1cccc(N2CCCS2(=O)=O)c1. The van der Waals surface area contributed by atoms with Gasteiger partial charge in [-0.15, -0.1) is 0 Å². The van der Waals surface area contributed by atoms with Crippen LogP contribution in [0.5, 0.6) is 11.5 Å². The quantitative estimate of drug-likeness (QED) is 0.553. The fourth-order valence-electron chi connectivity index (χ4n) is 3.50. The maximum absolute atomic E-state index is 13.3. The molecule has 0 spiro atoms. The Balaban J connectivity index is 1.92. The normalized spacial score (nSPS) is 14.7. The van der Waals surface area contributed by atoms with Crippen LogP contribution < -0.4 is 13.8 Å². The largest absolute Gasteiger partial charge is 0.497 e. The highest BCUT2D eigenvalue weighted by Crippen LogP contribution is 2.27. The fourth-order valence-corrected chi connectivity index (χ4v) is 5.06. The number of sulfonamides is 1. The molecular weight excluding hydrogens is 436 g/mol. The van der Waals surface area contributed by atoms with E-state index in [9.17, 15) is 18.0 Å². The second-order valence-corrected chi connectivity index (χ2v) is 9.26. The van der Waals surface area contributed by atoms with Crippen molar-refractivity contribution in [3.63, 3.8) is 0 Å². The van der Waals surface area contributed by atoms with Crippen molar-refractivity contribution in [3.05, 3.63) is 53.6 Å². The lowest BCUT2D eigenvalue weighted by Gasteiger charge is -2.23. The molecule has 2 aromatic carbocycles. The zero-order valence-corrected chi connectivity index (χ0v) is 19.1. The maximum Gasteiger partial charge on any atom is 0.325 e. The van der Waals surface area contributed by atoms with Crippen molar-refractivity contribution in [2.45, 2.75) is 13.0 Å². The maximum atomic E-state index is 13.3. The molecular formula is C22H26N2O7S. The van der Waals surface area contributed by atoms with E-state index in [0.29, 0.717) is 35.7 Å². The Kier molecular flexibility index (Phi) is 7.24. The number of esters is 1. The average molecular weight is 463 g/mol. The van der Waals surface area contributed by atoms with Crippen molar-refractivity contribution in [3.8, 4) is 11.5 Å². The number of methoxy groups -OCH3 is 3. The van der Waals surface area contributed by atoms with E-state index < -0.39 is 21.9 Å². The monoisotopic (exact) mass is 462 g/mol. The Morgan fingerprint density at radius 3 is 2.28 bits per heavy atom. The number of nitrogens with zero attached hydrogens (tertiary/aromatic N) is 2. The molecule has 0 bridgehead atoms. The summed E-state index contributed by atoms with van der Waals surface area (Å²) >= 11 is 0. The zero-order chi connectivity index (χ0) is 23.3. The molecule has 0 saturated carbocycles. The number of hydrogen-bond donors (Lipinski definition) is 0. The molecule has 1 aliphatic heterocycles. The molecule has 0 atom stereocenters. The predicted molar refractivity (Wildman–Crippen MR) is 118 cm³/mol. The second-order valence-electron chi connectivity index (χ2n) is 7.25. The van der Waals surface area contributed by atoms with E-state index in [4.69, 9.17) is 14.2 Å². The summed E-state index contributed by atoms with van der Waals surface area (Å²) in [5, 5.41) is 0. The van der Waals surface area contributed by atoms with Crippen LogP contribution in [-0.4, -0.2) is 65.4 Å². The van der Waals surface area contributed by atoms with E-state index in [1.807, 2.05) is 0 Å². The van der Waals surface area contributed by atoms with Crippen molar-refractivity contribution < 1.29 is 32.2 Å². The number of carbonyl (C=O) groups is 2. The Labute approximate surface area is 187 Å². The van der Waals surface area contributed by atoms with E-state index >= 15 is 0 Å². The van der Waals surface area contributed by atoms with Gasteiger partial charge in [-0.1, -0.05) is 6.07 Å². The van der Waals surface area contributed by atoms with Gasteiger partial charge in [0.15, 0.2) is 0 Å². The average Bonchev–Trinajstić information content (AvgIpc) is 3.16. The molecule has 0 radical (unpaired) electrons. The molecule has 0 aliphatic carbocycles. The van der Waals surface area contributed by atoms with Crippen LogP contribution in [0.4, 0.5) is 5.69 Å². The van der Waals surface area contributed by atoms with Crippen molar-refractivity contribution in [2.24, 2.45) is 0 Å². The van der Waals surface area contributed by atoms with Crippen LogP contribution in [0.15, 0.2) is 42.5 Å². The van der Waals surface area contributed by atoms with Crippen molar-refractivity contribution in [1.82, 2.24) is 4.90 Å². The van der Waals surface area contributed by atoms with Gasteiger partial charge < -0.3 is 19.1 Å². The third kappa shape index (κ3) is 5.31. The molecule has 0 unspecified atom stereocenters. The number of anilines is 1. The van der Waals surface area contributed by atoms with Crippen LogP contribution in [-0.2, 0) is 26.1 Å². The minimum absolute atomic E-state index is 0.0807. The van der Waals surface area contributed by atoms with E-state index in [-0.39, 0.29) is 24.4 Å². The molecule has 0 aromatic heterocycles. The van der Waals surface area contributed by atoms with Gasteiger partial charge in [0.05, 0.1) is 32.8 Å². The molecule has 1 heterocycles. The van der Waals surface area contributed by atoms with Gasteiger partial charge in [0, 0.05) is 24.7 Å². The van der Waals surface area contributed by atoms with Gasteiger partial charge in [-0.05, 0) is 42.3 Å². The molecule has 1 saturated heterocycles. The van der Waals surface area contributed by atoms with Crippen LogP contribution in [0.3, 0.4) is 0 Å². The topological polar surface area (TPSA) is 102 Å². The van der Waals surface area contributed by atoms with Gasteiger partial charge >= 0.3 is 5.97 Å². The number of hydrogen-bond acceptors (Lipinski definition) is 7. The lowest BCUT2D eigenvalue weighted by atomic mass is 10.1. The van der Waals surface area contributed by atoms with Gasteiger partial charge in [0.1, 0.15) is 18.0 Å². The highest BCUT2D eigenvalue weighted by Gasteiger charge is 2.29. The van der Waals surface area contributed by atoms with Crippen LogP contribution in [0, 0.1) is 0 Å². The van der Waals surface area contributed by atoms with Crippen LogP contribution in [0.1, 0.15) is 22.3 Å². The summed E-state index contributed by atoms with van der Waals surface area (Å²) in [7, 11) is 0.909. The minimum Gasteiger partial charge on any atom is -0.497 e. The van der Waals surface area contributed by atoms with E-state index in [2.05, 4.69) is 0 Å². The third-order valence-corrected chi connectivity index (χ3v) is 6.97. The molecule has 9 nitrogen and oxygen atoms in total. The zero-order valence-electron chi connectivity index (χ0n) is 18.2. The molecule has 1 fully saturated rings. The van der Waals surface area contributed by atoms with Gasteiger partial charge in [-0.2, -0.15) is 0 Å². The van der Waals surface area contributed by atoms with Crippen LogP contribution in [0.2, 0.25) is 0 Å². The predicted octanol–water partition coefficient (Wildman–Crippen LogP) is 2.06. The lowest BCUT2D eigenvalue weighted by molar-refractivity contribution is -0.141. The van der Waals surface area contributed by atoms with Gasteiger partial charge in [-0.25, -0.2) is 8.42 Å². The summed E-state index contributed by atoms with van der Waals surface area (Å²) in [5.74, 6) is 0.163. The highest BCUT2D eigenvalue weighted by molar-refractivity contribution is 7.93. The summed E-state index contributed by atoms with van der Waals surface area (Å²) < 4.78 is 41.2. The fraction of sp³-hybridized carbons (Fsp3) is 0.364. The van der Waals surface area contributed by atoms with Crippen molar-refractivity contribution in [1.29, 1.82) is 0 Å². The van der Waals surface area contributed by atoms with Crippen molar-refractivity contribution >= 4 is 27.6 Å². The van der Waals surface area contributed by atoms with Crippen LogP contribution >= 0.6 is 0 Å². The van der Waals surface area contributed by atoms with Gasteiger partial charge in [-0.3, -0.25) is 13.9 Å². The Morgan fingerprint density at radius 1 is 1.03 bits per heavy atom. The summed E-state index contributed by atoms with van der Waals surface area (Å²) in [5.41, 5.74) is 1.38. The molecule has 3 rings (SSSR count). The second kappa shape index (κ2) is 9.90.